The molecule has 0 aromatic heterocycles. The molecule has 0 heterocycles. The Balaban J connectivity index is 0.000000192. The minimum atomic E-state index is -0.711. The normalized spacial score (nSPS) is 11.0. The van der Waals surface area contributed by atoms with Crippen molar-refractivity contribution in [3.63, 3.8) is 0 Å². The molecule has 0 atom stereocenters. The Morgan fingerprint density at radius 2 is 1.47 bits per heavy atom. The zero-order valence-corrected chi connectivity index (χ0v) is 11.1. The van der Waals surface area contributed by atoms with E-state index in [9.17, 15) is 4.79 Å². The summed E-state index contributed by atoms with van der Waals surface area (Å²) in [5.41, 5.74) is 5.75. The molecule has 1 N–H and O–H groups in total. The van der Waals surface area contributed by atoms with E-state index < -0.39 is 5.97 Å². The Kier molecular flexibility index (Phi) is 4.35. The van der Waals surface area contributed by atoms with Gasteiger partial charge in [-0.15, -0.1) is 0 Å². The van der Waals surface area contributed by atoms with Gasteiger partial charge in [0.25, 0.3) is 0 Å². The van der Waals surface area contributed by atoms with Gasteiger partial charge >= 0.3 is 5.97 Å². The molecule has 0 radical (unpaired) electrons. The van der Waals surface area contributed by atoms with Crippen molar-refractivity contribution >= 4 is 5.97 Å². The molecule has 1 aliphatic rings. The molecule has 2 nitrogen and oxygen atoms in total. The van der Waals surface area contributed by atoms with E-state index in [-0.39, 0.29) is 0 Å². The van der Waals surface area contributed by atoms with Gasteiger partial charge in [-0.2, -0.15) is 0 Å². The van der Waals surface area contributed by atoms with Crippen LogP contribution in [0.2, 0.25) is 0 Å². The van der Waals surface area contributed by atoms with Crippen molar-refractivity contribution in [2.45, 2.75) is 26.2 Å². The molecule has 3 rings (SSSR count). The molecule has 0 aliphatic heterocycles. The molecule has 2 aromatic carbocycles. The van der Waals surface area contributed by atoms with Gasteiger partial charge in [0, 0.05) is 6.42 Å². The number of hydrogen-bond donors (Lipinski definition) is 1. The first-order valence-corrected chi connectivity index (χ1v) is 6.60. The van der Waals surface area contributed by atoms with Gasteiger partial charge in [0.2, 0.25) is 0 Å². The van der Waals surface area contributed by atoms with Gasteiger partial charge in [0.1, 0.15) is 0 Å². The molecule has 0 bridgehead atoms. The third-order valence-corrected chi connectivity index (χ3v) is 3.17. The SMILES string of the molecule is CCCC(=O)O.c1ccc2c(c1)Cc1ccccc1-2. The second-order valence-electron chi connectivity index (χ2n) is 4.63. The third kappa shape index (κ3) is 3.22. The van der Waals surface area contributed by atoms with Crippen molar-refractivity contribution in [2.24, 2.45) is 0 Å². The van der Waals surface area contributed by atoms with Crippen molar-refractivity contribution < 1.29 is 9.90 Å². The van der Waals surface area contributed by atoms with Gasteiger partial charge in [-0.1, -0.05) is 55.5 Å². The maximum absolute atomic E-state index is 9.60. The van der Waals surface area contributed by atoms with Crippen LogP contribution in [0, 0.1) is 0 Å². The number of rotatable bonds is 2. The van der Waals surface area contributed by atoms with Crippen LogP contribution < -0.4 is 0 Å². The van der Waals surface area contributed by atoms with E-state index in [2.05, 4.69) is 48.5 Å². The maximum atomic E-state index is 9.60. The Morgan fingerprint density at radius 3 is 1.84 bits per heavy atom. The highest BCUT2D eigenvalue weighted by Crippen LogP contribution is 2.35. The lowest BCUT2D eigenvalue weighted by Gasteiger charge is -1.98. The van der Waals surface area contributed by atoms with Gasteiger partial charge in [0.05, 0.1) is 0 Å². The average Bonchev–Trinajstić information content (AvgIpc) is 2.78. The summed E-state index contributed by atoms with van der Waals surface area (Å²) in [4.78, 5) is 9.60. The monoisotopic (exact) mass is 254 g/mol. The van der Waals surface area contributed by atoms with Crippen LogP contribution in [-0.4, -0.2) is 11.1 Å². The maximum Gasteiger partial charge on any atom is 0.303 e. The lowest BCUT2D eigenvalue weighted by molar-refractivity contribution is -0.137. The second kappa shape index (κ2) is 6.19. The second-order valence-corrected chi connectivity index (χ2v) is 4.63. The first-order chi connectivity index (χ1) is 9.22. The smallest absolute Gasteiger partial charge is 0.303 e. The molecule has 1 aliphatic carbocycles. The quantitative estimate of drug-likeness (QED) is 0.746. The lowest BCUT2D eigenvalue weighted by atomic mass is 10.1. The summed E-state index contributed by atoms with van der Waals surface area (Å²) in [7, 11) is 0. The zero-order chi connectivity index (χ0) is 13.7. The minimum absolute atomic E-state index is 0.292. The van der Waals surface area contributed by atoms with Crippen LogP contribution >= 0.6 is 0 Å². The number of carboxylic acid groups (broad SMARTS) is 1. The van der Waals surface area contributed by atoms with Crippen LogP contribution in [0.5, 0.6) is 0 Å². The highest BCUT2D eigenvalue weighted by molar-refractivity contribution is 5.76. The molecule has 0 unspecified atom stereocenters. The summed E-state index contributed by atoms with van der Waals surface area (Å²) in [5, 5.41) is 7.91. The fourth-order valence-corrected chi connectivity index (χ4v) is 2.29. The highest BCUT2D eigenvalue weighted by Gasteiger charge is 2.15. The molecule has 0 spiro atoms. The largest absolute Gasteiger partial charge is 0.481 e. The summed E-state index contributed by atoms with van der Waals surface area (Å²) in [6.45, 7) is 1.84. The fraction of sp³-hybridized carbons (Fsp3) is 0.235. The van der Waals surface area contributed by atoms with Gasteiger partial charge < -0.3 is 5.11 Å². The van der Waals surface area contributed by atoms with Crippen molar-refractivity contribution in [1.29, 1.82) is 0 Å². The Labute approximate surface area is 113 Å². The summed E-state index contributed by atoms with van der Waals surface area (Å²) in [6.07, 6.45) is 2.13. The number of hydrogen-bond acceptors (Lipinski definition) is 1. The standard InChI is InChI=1S/C13H10.C4H8O2/c1-3-7-12-10(5-1)9-11-6-2-4-8-13(11)12;1-2-3-4(5)6/h1-8H,9H2;2-3H2,1H3,(H,5,6). The van der Waals surface area contributed by atoms with Crippen LogP contribution in [0.15, 0.2) is 48.5 Å². The predicted octanol–water partition coefficient (Wildman–Crippen LogP) is 4.13. The summed E-state index contributed by atoms with van der Waals surface area (Å²) >= 11 is 0. The molecule has 19 heavy (non-hydrogen) atoms. The van der Waals surface area contributed by atoms with Crippen LogP contribution in [0.4, 0.5) is 0 Å². The first-order valence-electron chi connectivity index (χ1n) is 6.60. The topological polar surface area (TPSA) is 37.3 Å². The van der Waals surface area contributed by atoms with Crippen LogP contribution in [0.25, 0.3) is 11.1 Å². The lowest BCUT2D eigenvalue weighted by Crippen LogP contribution is -1.90. The van der Waals surface area contributed by atoms with Gasteiger partial charge in [-0.3, -0.25) is 4.79 Å². The number of carbonyl (C=O) groups is 1. The van der Waals surface area contributed by atoms with E-state index in [0.717, 1.165) is 12.8 Å². The Hall–Kier alpha value is -2.09. The summed E-state index contributed by atoms with van der Waals surface area (Å²) in [6, 6.07) is 17.3. The van der Waals surface area contributed by atoms with Crippen LogP contribution in [0.3, 0.4) is 0 Å². The molecule has 0 amide bonds. The van der Waals surface area contributed by atoms with Crippen molar-refractivity contribution in [3.05, 3.63) is 59.7 Å². The van der Waals surface area contributed by atoms with E-state index in [0.29, 0.717) is 6.42 Å². The Morgan fingerprint density at radius 1 is 1.00 bits per heavy atom. The predicted molar refractivity (Wildman–Crippen MR) is 77.2 cm³/mol. The first kappa shape index (κ1) is 13.3. The van der Waals surface area contributed by atoms with Crippen LogP contribution in [0.1, 0.15) is 30.9 Å². The van der Waals surface area contributed by atoms with E-state index in [1.807, 2.05) is 6.92 Å². The van der Waals surface area contributed by atoms with E-state index in [1.165, 1.54) is 22.3 Å². The highest BCUT2D eigenvalue weighted by atomic mass is 16.4. The third-order valence-electron chi connectivity index (χ3n) is 3.17. The molecule has 0 fully saturated rings. The van der Waals surface area contributed by atoms with Crippen molar-refractivity contribution in [3.8, 4) is 11.1 Å². The molecule has 98 valence electrons. The molecular weight excluding hydrogens is 236 g/mol. The van der Waals surface area contributed by atoms with Crippen LogP contribution in [-0.2, 0) is 11.2 Å². The van der Waals surface area contributed by atoms with Gasteiger partial charge in [-0.25, -0.2) is 0 Å². The van der Waals surface area contributed by atoms with Crippen molar-refractivity contribution in [2.75, 3.05) is 0 Å². The molecule has 2 aromatic rings. The van der Waals surface area contributed by atoms with Gasteiger partial charge in [0.15, 0.2) is 0 Å². The van der Waals surface area contributed by atoms with E-state index >= 15 is 0 Å². The number of benzene rings is 2. The number of carboxylic acids is 1. The Bertz CT molecular complexity index is 529. The van der Waals surface area contributed by atoms with E-state index in [1.54, 1.807) is 0 Å². The fourth-order valence-electron chi connectivity index (χ4n) is 2.29. The summed E-state index contributed by atoms with van der Waals surface area (Å²) in [5.74, 6) is -0.711. The number of aliphatic carboxylic acids is 1. The molecule has 0 saturated heterocycles. The summed E-state index contributed by atoms with van der Waals surface area (Å²) < 4.78 is 0. The average molecular weight is 254 g/mol. The minimum Gasteiger partial charge on any atom is -0.481 e. The molecule has 2 heteroatoms. The van der Waals surface area contributed by atoms with Gasteiger partial charge in [-0.05, 0) is 35.1 Å². The molecule has 0 saturated carbocycles. The van der Waals surface area contributed by atoms with Crippen molar-refractivity contribution in [1.82, 2.24) is 0 Å². The van der Waals surface area contributed by atoms with E-state index in [4.69, 9.17) is 5.11 Å². The number of fused-ring (bicyclic) bond motifs is 3. The zero-order valence-electron chi connectivity index (χ0n) is 11.1. The molecular formula is C17H18O2.